The fraction of sp³-hybridized carbons (Fsp3) is 0.200. The second kappa shape index (κ2) is 7.10. The maximum Gasteiger partial charge on any atom is 0.308 e. The maximum absolute atomic E-state index is 11.9. The number of nitrogens with one attached hydrogen (secondary N) is 1. The summed E-state index contributed by atoms with van der Waals surface area (Å²) in [6.45, 7) is 2.60. The van der Waals surface area contributed by atoms with Gasteiger partial charge in [0.15, 0.2) is 16.7 Å². The van der Waals surface area contributed by atoms with Gasteiger partial charge >= 0.3 is 5.97 Å². The summed E-state index contributed by atoms with van der Waals surface area (Å²) in [6, 6.07) is 5.03. The quantitative estimate of drug-likeness (QED) is 0.514. The summed E-state index contributed by atoms with van der Waals surface area (Å²) >= 11 is 1.03. The fourth-order valence-electron chi connectivity index (χ4n) is 1.81. The second-order valence-corrected chi connectivity index (χ2v) is 5.52. The molecule has 0 saturated heterocycles. The van der Waals surface area contributed by atoms with E-state index >= 15 is 0 Å². The van der Waals surface area contributed by atoms with Crippen molar-refractivity contribution < 1.29 is 23.9 Å². The van der Waals surface area contributed by atoms with Crippen molar-refractivity contribution in [1.82, 2.24) is 5.32 Å². The summed E-state index contributed by atoms with van der Waals surface area (Å²) in [4.78, 5) is 38.2. The first-order chi connectivity index (χ1) is 10.9. The summed E-state index contributed by atoms with van der Waals surface area (Å²) in [6.07, 6.45) is 1.53. The number of para-hydroxylation sites is 1. The summed E-state index contributed by atoms with van der Waals surface area (Å²) in [7, 11) is 1.45. The number of esters is 1. The summed E-state index contributed by atoms with van der Waals surface area (Å²) in [5, 5.41) is 2.67. The van der Waals surface area contributed by atoms with Crippen LogP contribution in [-0.2, 0) is 14.4 Å². The standard InChI is InChI=1S/C15H14N2O5S/c1-8(18)16-15-17-14(20)12(23-15)7-10-5-4-6-11(21-3)13(10)22-9(2)19/h4-7H,1-3H3,(H,16,17,18,20). The van der Waals surface area contributed by atoms with Gasteiger partial charge in [-0.2, -0.15) is 4.99 Å². The van der Waals surface area contributed by atoms with Crippen LogP contribution in [0.5, 0.6) is 11.5 Å². The normalized spacial score (nSPS) is 15.3. The molecule has 2 rings (SSSR count). The van der Waals surface area contributed by atoms with Gasteiger partial charge in [0.2, 0.25) is 5.91 Å². The van der Waals surface area contributed by atoms with E-state index in [2.05, 4.69) is 10.3 Å². The Balaban J connectivity index is 2.35. The Labute approximate surface area is 136 Å². The van der Waals surface area contributed by atoms with Gasteiger partial charge in [-0.05, 0) is 23.9 Å². The molecule has 1 aliphatic rings. The molecule has 0 bridgehead atoms. The van der Waals surface area contributed by atoms with Gasteiger partial charge in [0.25, 0.3) is 5.91 Å². The highest BCUT2D eigenvalue weighted by atomic mass is 32.2. The van der Waals surface area contributed by atoms with E-state index in [1.807, 2.05) is 0 Å². The lowest BCUT2D eigenvalue weighted by Crippen LogP contribution is -2.23. The number of hydrogen-bond acceptors (Lipinski definition) is 6. The molecule has 7 nitrogen and oxygen atoms in total. The number of carbonyl (C=O) groups excluding carboxylic acids is 3. The van der Waals surface area contributed by atoms with Gasteiger partial charge in [-0.25, -0.2) is 0 Å². The third-order valence-electron chi connectivity index (χ3n) is 2.67. The van der Waals surface area contributed by atoms with Crippen LogP contribution in [0.3, 0.4) is 0 Å². The predicted octanol–water partition coefficient (Wildman–Crippen LogP) is 1.73. The zero-order valence-electron chi connectivity index (χ0n) is 12.7. The maximum atomic E-state index is 11.9. The number of hydrogen-bond donors (Lipinski definition) is 1. The third kappa shape index (κ3) is 4.19. The number of benzene rings is 1. The first-order valence-electron chi connectivity index (χ1n) is 6.56. The number of amides is 2. The van der Waals surface area contributed by atoms with Gasteiger partial charge in [0.05, 0.1) is 12.0 Å². The van der Waals surface area contributed by atoms with E-state index in [9.17, 15) is 14.4 Å². The van der Waals surface area contributed by atoms with Crippen molar-refractivity contribution in [3.05, 3.63) is 28.7 Å². The van der Waals surface area contributed by atoms with E-state index in [-0.39, 0.29) is 16.8 Å². The van der Waals surface area contributed by atoms with Crippen LogP contribution >= 0.6 is 11.8 Å². The Morgan fingerprint density at radius 3 is 2.65 bits per heavy atom. The molecule has 1 aromatic rings. The van der Waals surface area contributed by atoms with Crippen LogP contribution in [0.2, 0.25) is 0 Å². The monoisotopic (exact) mass is 334 g/mol. The Morgan fingerprint density at radius 2 is 2.04 bits per heavy atom. The van der Waals surface area contributed by atoms with Crippen molar-refractivity contribution in [2.75, 3.05) is 7.11 Å². The Bertz CT molecular complexity index is 739. The molecular formula is C15H14N2O5S. The van der Waals surface area contributed by atoms with Crippen molar-refractivity contribution in [3.8, 4) is 11.5 Å². The number of aliphatic imine (C=N–C) groups is 1. The van der Waals surface area contributed by atoms with E-state index in [0.717, 1.165) is 11.8 Å². The molecule has 0 saturated carbocycles. The number of amidine groups is 1. The molecule has 0 unspecified atom stereocenters. The predicted molar refractivity (Wildman–Crippen MR) is 86.1 cm³/mol. The van der Waals surface area contributed by atoms with E-state index < -0.39 is 11.9 Å². The number of methoxy groups -OCH3 is 1. The largest absolute Gasteiger partial charge is 0.493 e. The lowest BCUT2D eigenvalue weighted by atomic mass is 10.1. The number of nitrogens with zero attached hydrogens (tertiary/aromatic N) is 1. The van der Waals surface area contributed by atoms with E-state index in [4.69, 9.17) is 9.47 Å². The minimum absolute atomic E-state index is 0.214. The number of rotatable bonds is 3. The molecule has 1 aromatic carbocycles. The molecule has 1 N–H and O–H groups in total. The molecule has 0 aromatic heterocycles. The number of thioether (sulfide) groups is 1. The highest BCUT2D eigenvalue weighted by molar-refractivity contribution is 8.18. The molecule has 1 aliphatic heterocycles. The molecule has 8 heteroatoms. The smallest absolute Gasteiger partial charge is 0.308 e. The molecule has 0 radical (unpaired) electrons. The SMILES string of the molecule is COc1cccc(C=C2SC(NC(C)=O)=NC2=O)c1OC(C)=O. The topological polar surface area (TPSA) is 94.1 Å². The van der Waals surface area contributed by atoms with Crippen LogP contribution in [0.4, 0.5) is 0 Å². The Morgan fingerprint density at radius 1 is 1.30 bits per heavy atom. The van der Waals surface area contributed by atoms with Gasteiger partial charge in [-0.15, -0.1) is 0 Å². The molecule has 0 aliphatic carbocycles. The van der Waals surface area contributed by atoms with E-state index in [0.29, 0.717) is 16.2 Å². The summed E-state index contributed by atoms with van der Waals surface area (Å²) in [5.74, 6) is -0.707. The molecule has 1 heterocycles. The molecule has 0 spiro atoms. The van der Waals surface area contributed by atoms with Gasteiger partial charge in [-0.3, -0.25) is 14.4 Å². The summed E-state index contributed by atoms with van der Waals surface area (Å²) < 4.78 is 10.3. The van der Waals surface area contributed by atoms with Crippen LogP contribution < -0.4 is 14.8 Å². The van der Waals surface area contributed by atoms with Crippen LogP contribution in [0.25, 0.3) is 6.08 Å². The fourth-order valence-corrected chi connectivity index (χ4v) is 2.67. The lowest BCUT2D eigenvalue weighted by molar-refractivity contribution is -0.132. The first kappa shape index (κ1) is 16.8. The average Bonchev–Trinajstić information content (AvgIpc) is 2.79. The Kier molecular flexibility index (Phi) is 5.17. The molecule has 0 atom stereocenters. The first-order valence-corrected chi connectivity index (χ1v) is 7.38. The van der Waals surface area contributed by atoms with Crippen molar-refractivity contribution in [2.45, 2.75) is 13.8 Å². The zero-order chi connectivity index (χ0) is 17.0. The van der Waals surface area contributed by atoms with Crippen LogP contribution in [-0.4, -0.2) is 30.1 Å². The van der Waals surface area contributed by atoms with Crippen LogP contribution in [0, 0.1) is 0 Å². The summed E-state index contributed by atoms with van der Waals surface area (Å²) in [5.41, 5.74) is 0.495. The lowest BCUT2D eigenvalue weighted by Gasteiger charge is -2.11. The Hall–Kier alpha value is -2.61. The minimum Gasteiger partial charge on any atom is -0.493 e. The molecule has 0 fully saturated rings. The van der Waals surface area contributed by atoms with Crippen LogP contribution in [0.1, 0.15) is 19.4 Å². The van der Waals surface area contributed by atoms with Crippen LogP contribution in [0.15, 0.2) is 28.1 Å². The van der Waals surface area contributed by atoms with Crippen molar-refractivity contribution in [3.63, 3.8) is 0 Å². The molecule has 2 amide bonds. The van der Waals surface area contributed by atoms with E-state index in [1.165, 1.54) is 27.0 Å². The minimum atomic E-state index is -0.505. The molecular weight excluding hydrogens is 320 g/mol. The van der Waals surface area contributed by atoms with Gasteiger partial charge < -0.3 is 14.8 Å². The van der Waals surface area contributed by atoms with Crippen molar-refractivity contribution >= 4 is 40.8 Å². The van der Waals surface area contributed by atoms with Gasteiger partial charge in [0, 0.05) is 19.4 Å². The second-order valence-electron chi connectivity index (χ2n) is 4.49. The van der Waals surface area contributed by atoms with Crippen molar-refractivity contribution in [1.29, 1.82) is 0 Å². The third-order valence-corrected chi connectivity index (χ3v) is 3.56. The van der Waals surface area contributed by atoms with Gasteiger partial charge in [0.1, 0.15) is 0 Å². The van der Waals surface area contributed by atoms with Gasteiger partial charge in [-0.1, -0.05) is 12.1 Å². The number of carbonyl (C=O) groups is 3. The average molecular weight is 334 g/mol. The highest BCUT2D eigenvalue weighted by Crippen LogP contribution is 2.35. The number of ether oxygens (including phenoxy) is 2. The van der Waals surface area contributed by atoms with E-state index in [1.54, 1.807) is 18.2 Å². The highest BCUT2D eigenvalue weighted by Gasteiger charge is 2.23. The zero-order valence-corrected chi connectivity index (χ0v) is 13.5. The molecule has 23 heavy (non-hydrogen) atoms. The van der Waals surface area contributed by atoms with Crippen molar-refractivity contribution in [2.24, 2.45) is 4.99 Å². The molecule has 120 valence electrons.